The first-order valence-electron chi connectivity index (χ1n) is 11.9. The molecule has 2 aliphatic heterocycles. The molecule has 35 heavy (non-hydrogen) atoms. The molecule has 0 bridgehead atoms. The van der Waals surface area contributed by atoms with Gasteiger partial charge in [0.15, 0.2) is 17.3 Å². The summed E-state index contributed by atoms with van der Waals surface area (Å²) >= 11 is 0. The maximum Gasteiger partial charge on any atom is 0.173 e. The van der Waals surface area contributed by atoms with Gasteiger partial charge < -0.3 is 19.1 Å². The predicted octanol–water partition coefficient (Wildman–Crippen LogP) is 3.20. The third-order valence-corrected chi connectivity index (χ3v) is 6.73. The van der Waals surface area contributed by atoms with E-state index in [1.54, 1.807) is 14.2 Å². The van der Waals surface area contributed by atoms with E-state index in [1.807, 2.05) is 16.8 Å². The number of aromatic nitrogens is 4. The molecule has 9 nitrogen and oxygen atoms in total. The number of ether oxygens (including phenoxy) is 3. The van der Waals surface area contributed by atoms with Crippen molar-refractivity contribution in [3.05, 3.63) is 59.9 Å². The number of hydrogen-bond acceptors (Lipinski definition) is 8. The Kier molecular flexibility index (Phi) is 8.43. The lowest BCUT2D eigenvalue weighted by Gasteiger charge is -2.40. The van der Waals surface area contributed by atoms with Crippen LogP contribution in [0, 0.1) is 0 Å². The number of para-hydroxylation sites is 1. The number of anilines is 1. The number of tetrazole rings is 1. The van der Waals surface area contributed by atoms with Gasteiger partial charge in [0, 0.05) is 38.5 Å². The van der Waals surface area contributed by atoms with E-state index in [-0.39, 0.29) is 24.6 Å². The van der Waals surface area contributed by atoms with E-state index in [0.29, 0.717) is 18.0 Å². The van der Waals surface area contributed by atoms with Crippen LogP contribution in [-0.2, 0) is 11.3 Å². The highest BCUT2D eigenvalue weighted by Crippen LogP contribution is 2.35. The molecule has 0 saturated carbocycles. The molecule has 2 aliphatic rings. The van der Waals surface area contributed by atoms with E-state index in [2.05, 4.69) is 61.7 Å². The van der Waals surface area contributed by atoms with Gasteiger partial charge in [0.1, 0.15) is 0 Å². The number of halogens is 1. The minimum Gasteiger partial charge on any atom is -0.493 e. The SMILES string of the molecule is COc1ccc(C(c2nnnn2CC2CCCO2)N2CCN(c3ccccc3)CC2)cc1OC.Cl. The average Bonchev–Trinajstić information content (AvgIpc) is 3.58. The van der Waals surface area contributed by atoms with Gasteiger partial charge in [-0.25, -0.2) is 4.68 Å². The second-order valence-corrected chi connectivity index (χ2v) is 8.73. The molecule has 2 aromatic carbocycles. The van der Waals surface area contributed by atoms with Crippen molar-refractivity contribution in [1.82, 2.24) is 25.1 Å². The first-order chi connectivity index (χ1) is 16.8. The monoisotopic (exact) mass is 500 g/mol. The lowest BCUT2D eigenvalue weighted by atomic mass is 10.0. The predicted molar refractivity (Wildman–Crippen MR) is 136 cm³/mol. The maximum absolute atomic E-state index is 5.87. The fourth-order valence-electron chi connectivity index (χ4n) is 4.94. The Morgan fingerprint density at radius 1 is 1.00 bits per heavy atom. The van der Waals surface area contributed by atoms with Gasteiger partial charge in [-0.2, -0.15) is 0 Å². The summed E-state index contributed by atoms with van der Waals surface area (Å²) in [5, 5.41) is 12.9. The topological polar surface area (TPSA) is 77.8 Å². The van der Waals surface area contributed by atoms with Gasteiger partial charge in [-0.15, -0.1) is 17.5 Å². The Balaban J connectivity index is 0.00000289. The van der Waals surface area contributed by atoms with Gasteiger partial charge in [-0.3, -0.25) is 4.90 Å². The Bertz CT molecular complexity index is 1070. The van der Waals surface area contributed by atoms with Gasteiger partial charge in [-0.1, -0.05) is 24.3 Å². The second kappa shape index (κ2) is 11.7. The van der Waals surface area contributed by atoms with Crippen LogP contribution in [0.15, 0.2) is 48.5 Å². The number of piperazine rings is 1. The molecule has 188 valence electrons. The highest BCUT2D eigenvalue weighted by molar-refractivity contribution is 5.85. The molecule has 0 N–H and O–H groups in total. The number of methoxy groups -OCH3 is 2. The van der Waals surface area contributed by atoms with Crippen LogP contribution in [-0.4, -0.2) is 78.2 Å². The number of hydrogen-bond donors (Lipinski definition) is 0. The molecule has 2 fully saturated rings. The molecule has 0 spiro atoms. The number of nitrogens with zero attached hydrogens (tertiary/aromatic N) is 6. The summed E-state index contributed by atoms with van der Waals surface area (Å²) in [6.07, 6.45) is 2.28. The van der Waals surface area contributed by atoms with Gasteiger partial charge in [0.05, 0.1) is 32.9 Å². The molecular weight excluding hydrogens is 468 g/mol. The van der Waals surface area contributed by atoms with Crippen molar-refractivity contribution in [3.8, 4) is 11.5 Å². The summed E-state index contributed by atoms with van der Waals surface area (Å²) in [6, 6.07) is 16.6. The summed E-state index contributed by atoms with van der Waals surface area (Å²) < 4.78 is 18.9. The largest absolute Gasteiger partial charge is 0.493 e. The van der Waals surface area contributed by atoms with Crippen molar-refractivity contribution >= 4 is 18.1 Å². The van der Waals surface area contributed by atoms with E-state index < -0.39 is 0 Å². The van der Waals surface area contributed by atoms with Crippen LogP contribution in [0.5, 0.6) is 11.5 Å². The third-order valence-electron chi connectivity index (χ3n) is 6.73. The van der Waals surface area contributed by atoms with Crippen LogP contribution in [0.4, 0.5) is 5.69 Å². The van der Waals surface area contributed by atoms with Crippen LogP contribution in [0.25, 0.3) is 0 Å². The minimum atomic E-state index is -0.103. The van der Waals surface area contributed by atoms with Gasteiger partial charge in [0.25, 0.3) is 0 Å². The van der Waals surface area contributed by atoms with Crippen molar-refractivity contribution in [1.29, 1.82) is 0 Å². The molecule has 3 heterocycles. The van der Waals surface area contributed by atoms with E-state index in [4.69, 9.17) is 14.2 Å². The van der Waals surface area contributed by atoms with Crippen molar-refractivity contribution in [2.45, 2.75) is 31.5 Å². The van der Waals surface area contributed by atoms with Crippen LogP contribution < -0.4 is 14.4 Å². The van der Waals surface area contributed by atoms with Crippen molar-refractivity contribution in [2.75, 3.05) is 51.9 Å². The van der Waals surface area contributed by atoms with Crippen molar-refractivity contribution in [2.24, 2.45) is 0 Å². The molecule has 10 heteroatoms. The summed E-state index contributed by atoms with van der Waals surface area (Å²) in [5.74, 6) is 2.24. The fraction of sp³-hybridized carbons (Fsp3) is 0.480. The molecule has 5 rings (SSSR count). The fourth-order valence-corrected chi connectivity index (χ4v) is 4.94. The van der Waals surface area contributed by atoms with E-state index >= 15 is 0 Å². The summed E-state index contributed by atoms with van der Waals surface area (Å²) in [7, 11) is 3.32. The molecule has 0 amide bonds. The summed E-state index contributed by atoms with van der Waals surface area (Å²) in [5.41, 5.74) is 2.34. The van der Waals surface area contributed by atoms with Crippen LogP contribution in [0.2, 0.25) is 0 Å². The van der Waals surface area contributed by atoms with Gasteiger partial charge >= 0.3 is 0 Å². The lowest BCUT2D eigenvalue weighted by Crippen LogP contribution is -2.48. The number of rotatable bonds is 8. The van der Waals surface area contributed by atoms with E-state index in [0.717, 1.165) is 57.0 Å². The second-order valence-electron chi connectivity index (χ2n) is 8.73. The van der Waals surface area contributed by atoms with Crippen LogP contribution >= 0.6 is 12.4 Å². The highest BCUT2D eigenvalue weighted by atomic mass is 35.5. The first-order valence-corrected chi connectivity index (χ1v) is 11.9. The average molecular weight is 501 g/mol. The lowest BCUT2D eigenvalue weighted by molar-refractivity contribution is 0.0906. The third kappa shape index (κ3) is 5.52. The zero-order valence-corrected chi connectivity index (χ0v) is 21.1. The summed E-state index contributed by atoms with van der Waals surface area (Å²) in [4.78, 5) is 4.88. The maximum atomic E-state index is 5.87. The molecule has 1 aromatic heterocycles. The Labute approximate surface area is 212 Å². The van der Waals surface area contributed by atoms with Crippen LogP contribution in [0.1, 0.15) is 30.3 Å². The number of benzene rings is 2. The highest BCUT2D eigenvalue weighted by Gasteiger charge is 2.32. The molecule has 2 unspecified atom stereocenters. The zero-order valence-electron chi connectivity index (χ0n) is 20.2. The molecule has 0 aliphatic carbocycles. The van der Waals surface area contributed by atoms with Crippen LogP contribution in [0.3, 0.4) is 0 Å². The molecular formula is C25H33ClN6O3. The molecule has 2 atom stereocenters. The first kappa shape index (κ1) is 25.2. The van der Waals surface area contributed by atoms with Gasteiger partial charge in [-0.05, 0) is 53.1 Å². The smallest absolute Gasteiger partial charge is 0.173 e. The molecule has 2 saturated heterocycles. The van der Waals surface area contributed by atoms with Crippen molar-refractivity contribution < 1.29 is 14.2 Å². The van der Waals surface area contributed by atoms with Gasteiger partial charge in [0.2, 0.25) is 0 Å². The Hall–Kier alpha value is -2.88. The Morgan fingerprint density at radius 3 is 2.46 bits per heavy atom. The summed E-state index contributed by atoms with van der Waals surface area (Å²) in [6.45, 7) is 5.11. The Morgan fingerprint density at radius 2 is 1.77 bits per heavy atom. The normalized spacial score (nSPS) is 19.3. The molecule has 3 aromatic rings. The van der Waals surface area contributed by atoms with Crippen molar-refractivity contribution in [3.63, 3.8) is 0 Å². The molecule has 0 radical (unpaired) electrons. The minimum absolute atomic E-state index is 0. The standard InChI is InChI=1S/C25H32N6O3.ClH/c1-32-22-11-10-19(17-23(22)33-2)24(25-26-27-28-31(25)18-21-9-6-16-34-21)30-14-12-29(13-15-30)20-7-4-3-5-8-20;/h3-5,7-8,10-11,17,21,24H,6,9,12-16,18H2,1-2H3;1H. The zero-order chi connectivity index (χ0) is 23.3. The van der Waals surface area contributed by atoms with E-state index in [1.165, 1.54) is 5.69 Å². The quantitative estimate of drug-likeness (QED) is 0.466. The van der Waals surface area contributed by atoms with E-state index in [9.17, 15) is 0 Å².